The highest BCUT2D eigenvalue weighted by Crippen LogP contribution is 1.90. The van der Waals surface area contributed by atoms with Crippen molar-refractivity contribution in [1.82, 2.24) is 4.90 Å². The Labute approximate surface area is 62.5 Å². The highest BCUT2D eigenvalue weighted by atomic mass is 16.2. The molecule has 0 atom stereocenters. The van der Waals surface area contributed by atoms with Crippen LogP contribution >= 0.6 is 0 Å². The molecule has 2 heteroatoms. The van der Waals surface area contributed by atoms with Gasteiger partial charge in [-0.25, -0.2) is 0 Å². The average molecular weight is 141 g/mol. The molecule has 0 aromatic carbocycles. The van der Waals surface area contributed by atoms with Gasteiger partial charge in [0.05, 0.1) is 0 Å². The molecule has 0 aliphatic rings. The quantitative estimate of drug-likeness (QED) is 0.544. The van der Waals surface area contributed by atoms with Crippen molar-refractivity contribution in [3.8, 4) is 0 Å². The van der Waals surface area contributed by atoms with Crippen molar-refractivity contribution in [1.29, 1.82) is 0 Å². The molecular weight excluding hydrogens is 126 g/mol. The third kappa shape index (κ3) is 4.13. The minimum absolute atomic E-state index is 0.157. The second-order valence-corrected chi connectivity index (χ2v) is 2.37. The molecule has 0 fully saturated rings. The van der Waals surface area contributed by atoms with E-state index in [1.165, 1.54) is 0 Å². The number of nitrogens with zero attached hydrogens (tertiary/aromatic N) is 1. The third-order valence-corrected chi connectivity index (χ3v) is 1.19. The largest absolute Gasteiger partial charge is 0.349 e. The first kappa shape index (κ1) is 9.21. The highest BCUT2D eigenvalue weighted by Gasteiger charge is 1.97. The number of rotatable bonds is 3. The Balaban J connectivity index is 3.49. The Bertz CT molecular complexity index is 127. The van der Waals surface area contributed by atoms with Gasteiger partial charge in [0.25, 0.3) is 0 Å². The van der Waals surface area contributed by atoms with E-state index in [1.54, 1.807) is 19.0 Å². The maximum atomic E-state index is 10.9. The van der Waals surface area contributed by atoms with Gasteiger partial charge in [-0.15, -0.1) is 0 Å². The predicted molar refractivity (Wildman–Crippen MR) is 42.7 cm³/mol. The topological polar surface area (TPSA) is 20.3 Å². The van der Waals surface area contributed by atoms with Crippen molar-refractivity contribution in [2.45, 2.75) is 19.8 Å². The zero-order chi connectivity index (χ0) is 7.98. The summed E-state index contributed by atoms with van der Waals surface area (Å²) in [7, 11) is 3.53. The van der Waals surface area contributed by atoms with E-state index in [2.05, 4.69) is 6.92 Å². The van der Waals surface area contributed by atoms with Crippen LogP contribution in [0.4, 0.5) is 0 Å². The van der Waals surface area contributed by atoms with Crippen LogP contribution in [-0.4, -0.2) is 24.9 Å². The van der Waals surface area contributed by atoms with E-state index in [-0.39, 0.29) is 5.91 Å². The van der Waals surface area contributed by atoms with Gasteiger partial charge in [0.2, 0.25) is 5.91 Å². The lowest BCUT2D eigenvalue weighted by molar-refractivity contribution is -0.127. The molecule has 0 aliphatic heterocycles. The maximum Gasteiger partial charge on any atom is 0.225 e. The van der Waals surface area contributed by atoms with Gasteiger partial charge in [0.15, 0.2) is 0 Å². The molecule has 10 heavy (non-hydrogen) atoms. The van der Waals surface area contributed by atoms with Crippen molar-refractivity contribution in [3.63, 3.8) is 0 Å². The van der Waals surface area contributed by atoms with Gasteiger partial charge in [0.1, 0.15) is 0 Å². The molecule has 2 nitrogen and oxygen atoms in total. The number of allylic oxidation sites excluding steroid dienone is 1. The Morgan fingerprint density at radius 2 is 2.00 bits per heavy atom. The van der Waals surface area contributed by atoms with E-state index in [0.29, 0.717) is 6.42 Å². The lowest BCUT2D eigenvalue weighted by Gasteiger charge is -2.06. The summed E-state index contributed by atoms with van der Waals surface area (Å²) < 4.78 is 0. The maximum absolute atomic E-state index is 10.9. The summed E-state index contributed by atoms with van der Waals surface area (Å²) in [6.07, 6.45) is 5.44. The van der Waals surface area contributed by atoms with Crippen LogP contribution < -0.4 is 0 Å². The Kier molecular flexibility index (Phi) is 4.63. The summed E-state index contributed by atoms with van der Waals surface area (Å²) in [6, 6.07) is 0. The van der Waals surface area contributed by atoms with Crippen molar-refractivity contribution in [2.75, 3.05) is 14.1 Å². The zero-order valence-corrected chi connectivity index (χ0v) is 6.92. The third-order valence-electron chi connectivity index (χ3n) is 1.19. The summed E-state index contributed by atoms with van der Waals surface area (Å²) in [5, 5.41) is 0. The summed E-state index contributed by atoms with van der Waals surface area (Å²) in [4.78, 5) is 12.5. The van der Waals surface area contributed by atoms with E-state index in [4.69, 9.17) is 0 Å². The second kappa shape index (κ2) is 5.03. The van der Waals surface area contributed by atoms with Gasteiger partial charge in [-0.2, -0.15) is 0 Å². The molecule has 0 saturated carbocycles. The number of hydrogen-bond acceptors (Lipinski definition) is 1. The zero-order valence-electron chi connectivity index (χ0n) is 6.92. The first-order valence-corrected chi connectivity index (χ1v) is 3.53. The molecule has 0 saturated heterocycles. The summed E-state index contributed by atoms with van der Waals surface area (Å²) in [6.45, 7) is 2.05. The lowest BCUT2D eigenvalue weighted by atomic mass is 10.3. The number of carbonyl (C=O) groups excluding carboxylic acids is 1. The van der Waals surface area contributed by atoms with Crippen LogP contribution in [0.15, 0.2) is 12.2 Å². The van der Waals surface area contributed by atoms with Crippen LogP contribution in [0, 0.1) is 0 Å². The van der Waals surface area contributed by atoms with Gasteiger partial charge >= 0.3 is 0 Å². The first-order valence-electron chi connectivity index (χ1n) is 3.53. The normalized spacial score (nSPS) is 10.3. The van der Waals surface area contributed by atoms with E-state index in [0.717, 1.165) is 6.42 Å². The van der Waals surface area contributed by atoms with Crippen LogP contribution in [0.1, 0.15) is 19.8 Å². The van der Waals surface area contributed by atoms with Crippen LogP contribution in [0.5, 0.6) is 0 Å². The van der Waals surface area contributed by atoms with Gasteiger partial charge < -0.3 is 4.90 Å². The molecule has 0 aromatic rings. The lowest BCUT2D eigenvalue weighted by Crippen LogP contribution is -2.20. The van der Waals surface area contributed by atoms with E-state index >= 15 is 0 Å². The molecule has 0 unspecified atom stereocenters. The van der Waals surface area contributed by atoms with Crippen LogP contribution in [0.2, 0.25) is 0 Å². The average Bonchev–Trinajstić information content (AvgIpc) is 1.88. The fourth-order valence-electron chi connectivity index (χ4n) is 0.533. The van der Waals surface area contributed by atoms with Gasteiger partial charge in [-0.1, -0.05) is 19.1 Å². The molecule has 0 aromatic heterocycles. The van der Waals surface area contributed by atoms with E-state index in [1.807, 2.05) is 12.2 Å². The van der Waals surface area contributed by atoms with Crippen molar-refractivity contribution in [3.05, 3.63) is 12.2 Å². The summed E-state index contributed by atoms with van der Waals surface area (Å²) in [5.41, 5.74) is 0. The fraction of sp³-hybridized carbons (Fsp3) is 0.625. The summed E-state index contributed by atoms with van der Waals surface area (Å²) >= 11 is 0. The summed E-state index contributed by atoms with van der Waals surface area (Å²) in [5.74, 6) is 0.157. The molecule has 0 spiro atoms. The first-order chi connectivity index (χ1) is 4.68. The second-order valence-electron chi connectivity index (χ2n) is 2.37. The van der Waals surface area contributed by atoms with Crippen molar-refractivity contribution < 1.29 is 4.79 Å². The number of amides is 1. The molecule has 0 N–H and O–H groups in total. The smallest absolute Gasteiger partial charge is 0.225 e. The molecule has 0 heterocycles. The van der Waals surface area contributed by atoms with E-state index < -0.39 is 0 Å². The number of hydrogen-bond donors (Lipinski definition) is 0. The molecule has 1 amide bonds. The van der Waals surface area contributed by atoms with Crippen LogP contribution in [0.25, 0.3) is 0 Å². The van der Waals surface area contributed by atoms with Crippen molar-refractivity contribution >= 4 is 5.91 Å². The molecular formula is C8H15NO. The Hall–Kier alpha value is -0.790. The van der Waals surface area contributed by atoms with Crippen LogP contribution in [0.3, 0.4) is 0 Å². The monoisotopic (exact) mass is 141 g/mol. The highest BCUT2D eigenvalue weighted by molar-refractivity contribution is 5.76. The fourth-order valence-corrected chi connectivity index (χ4v) is 0.533. The van der Waals surface area contributed by atoms with Crippen molar-refractivity contribution in [2.24, 2.45) is 0 Å². The Morgan fingerprint density at radius 3 is 2.40 bits per heavy atom. The van der Waals surface area contributed by atoms with Gasteiger partial charge in [-0.3, -0.25) is 4.79 Å². The Morgan fingerprint density at radius 1 is 1.40 bits per heavy atom. The molecule has 0 bridgehead atoms. The van der Waals surface area contributed by atoms with Gasteiger partial charge in [0, 0.05) is 20.5 Å². The van der Waals surface area contributed by atoms with Crippen LogP contribution in [-0.2, 0) is 4.79 Å². The SMILES string of the molecule is CC/C=C/CC(=O)N(C)C. The standard InChI is InChI=1S/C8H15NO/c1-4-5-6-7-8(10)9(2)3/h5-6H,4,7H2,1-3H3/b6-5+. The molecule has 58 valence electrons. The van der Waals surface area contributed by atoms with Gasteiger partial charge in [-0.05, 0) is 6.42 Å². The number of carbonyl (C=O) groups is 1. The predicted octanol–water partition coefficient (Wildman–Crippen LogP) is 1.43. The molecule has 0 radical (unpaired) electrons. The molecule has 0 rings (SSSR count). The minimum Gasteiger partial charge on any atom is -0.349 e. The minimum atomic E-state index is 0.157. The molecule has 0 aliphatic carbocycles. The van der Waals surface area contributed by atoms with E-state index in [9.17, 15) is 4.79 Å².